The number of nitrogens with zero attached hydrogens (tertiary/aromatic N) is 2. The van der Waals surface area contributed by atoms with Crippen LogP contribution in [0.2, 0.25) is 0 Å². The Kier molecular flexibility index (Phi) is 7.06. The number of amides is 2. The first-order valence-electron chi connectivity index (χ1n) is 9.96. The summed E-state index contributed by atoms with van der Waals surface area (Å²) in [5, 5.41) is 6.86. The Bertz CT molecular complexity index is 914. The second-order valence-corrected chi connectivity index (χ2v) is 7.48. The summed E-state index contributed by atoms with van der Waals surface area (Å²) in [5.74, 6) is 0.339. The van der Waals surface area contributed by atoms with Gasteiger partial charge in [0.25, 0.3) is 5.91 Å². The summed E-state index contributed by atoms with van der Waals surface area (Å²) in [7, 11) is 1.68. The Morgan fingerprint density at radius 3 is 2.80 bits per heavy atom. The fourth-order valence-electron chi connectivity index (χ4n) is 3.37. The molecule has 7 heteroatoms. The highest BCUT2D eigenvalue weighted by Crippen LogP contribution is 2.30. The van der Waals surface area contributed by atoms with Gasteiger partial charge in [0, 0.05) is 19.9 Å². The molecule has 158 valence electrons. The number of benzene rings is 2. The predicted molar refractivity (Wildman–Crippen MR) is 116 cm³/mol. The molecule has 0 saturated heterocycles. The zero-order valence-electron chi connectivity index (χ0n) is 17.5. The number of carbonyl (C=O) groups is 2. The number of aryl methyl sites for hydroxylation is 1. The van der Waals surface area contributed by atoms with E-state index in [1.165, 1.54) is 4.90 Å². The Labute approximate surface area is 176 Å². The van der Waals surface area contributed by atoms with E-state index >= 15 is 0 Å². The van der Waals surface area contributed by atoms with E-state index in [1.807, 2.05) is 56.3 Å². The maximum atomic E-state index is 12.5. The number of para-hydroxylation sites is 1. The van der Waals surface area contributed by atoms with Gasteiger partial charge in [-0.2, -0.15) is 0 Å². The lowest BCUT2D eigenvalue weighted by atomic mass is 10.0. The number of oxime groups is 1. The topological polar surface area (TPSA) is 80.2 Å². The second-order valence-electron chi connectivity index (χ2n) is 7.48. The number of nitrogens with one attached hydrogen (secondary N) is 1. The molecule has 30 heavy (non-hydrogen) atoms. The first kappa shape index (κ1) is 21.4. The smallest absolute Gasteiger partial charge is 0.269 e. The number of carbonyl (C=O) groups excluding carboxylic acids is 2. The minimum Gasteiger partial charge on any atom is -0.489 e. The third kappa shape index (κ3) is 5.37. The Morgan fingerprint density at radius 1 is 1.30 bits per heavy atom. The van der Waals surface area contributed by atoms with Crippen LogP contribution in [0.1, 0.15) is 24.5 Å². The Balaban J connectivity index is 1.50. The van der Waals surface area contributed by atoms with Crippen molar-refractivity contribution in [2.75, 3.05) is 18.6 Å². The van der Waals surface area contributed by atoms with Crippen molar-refractivity contribution in [3.8, 4) is 5.75 Å². The second kappa shape index (κ2) is 9.91. The van der Waals surface area contributed by atoms with E-state index in [9.17, 15) is 9.59 Å². The molecular formula is C23H27N3O4. The maximum Gasteiger partial charge on any atom is 0.269 e. The molecule has 0 saturated carbocycles. The van der Waals surface area contributed by atoms with Crippen LogP contribution in [0, 0.1) is 6.92 Å². The highest BCUT2D eigenvalue weighted by Gasteiger charge is 2.27. The molecule has 3 rings (SSSR count). The van der Waals surface area contributed by atoms with Crippen LogP contribution in [-0.2, 0) is 20.8 Å². The molecule has 2 amide bonds. The van der Waals surface area contributed by atoms with Crippen LogP contribution in [0.5, 0.6) is 5.75 Å². The fraction of sp³-hybridized carbons (Fsp3) is 0.348. The Hall–Kier alpha value is -3.35. The summed E-state index contributed by atoms with van der Waals surface area (Å²) < 4.78 is 5.88. The molecule has 0 fully saturated rings. The van der Waals surface area contributed by atoms with Crippen LogP contribution in [-0.4, -0.2) is 43.8 Å². The van der Waals surface area contributed by atoms with Crippen molar-refractivity contribution in [1.82, 2.24) is 5.32 Å². The quantitative estimate of drug-likeness (QED) is 0.646. The summed E-state index contributed by atoms with van der Waals surface area (Å²) in [6.45, 7) is 4.03. The van der Waals surface area contributed by atoms with Crippen molar-refractivity contribution in [3.63, 3.8) is 0 Å². The summed E-state index contributed by atoms with van der Waals surface area (Å²) in [5.41, 5.74) is 3.18. The zero-order chi connectivity index (χ0) is 21.5. The monoisotopic (exact) mass is 409 g/mol. The summed E-state index contributed by atoms with van der Waals surface area (Å²) in [6, 6.07) is 15.3. The third-order valence-electron chi connectivity index (χ3n) is 4.88. The lowest BCUT2D eigenvalue weighted by Gasteiger charge is -2.21. The number of rotatable bonds is 9. The van der Waals surface area contributed by atoms with E-state index in [4.69, 9.17) is 9.57 Å². The molecule has 1 aliphatic rings. The lowest BCUT2D eigenvalue weighted by Crippen LogP contribution is -2.40. The van der Waals surface area contributed by atoms with E-state index in [-0.39, 0.29) is 24.7 Å². The minimum atomic E-state index is -0.254. The van der Waals surface area contributed by atoms with Crippen LogP contribution in [0.25, 0.3) is 0 Å². The summed E-state index contributed by atoms with van der Waals surface area (Å²) in [6.07, 6.45) is 1.79. The first-order valence-corrected chi connectivity index (χ1v) is 9.96. The number of anilines is 1. The van der Waals surface area contributed by atoms with Crippen LogP contribution in [0.4, 0.5) is 5.69 Å². The molecule has 7 nitrogen and oxygen atoms in total. The summed E-state index contributed by atoms with van der Waals surface area (Å²) in [4.78, 5) is 30.6. The van der Waals surface area contributed by atoms with Gasteiger partial charge in [-0.15, -0.1) is 0 Å². The van der Waals surface area contributed by atoms with Crippen molar-refractivity contribution in [1.29, 1.82) is 0 Å². The van der Waals surface area contributed by atoms with Gasteiger partial charge in [-0.25, -0.2) is 0 Å². The largest absolute Gasteiger partial charge is 0.489 e. The zero-order valence-corrected chi connectivity index (χ0v) is 17.5. The Morgan fingerprint density at radius 2 is 2.07 bits per heavy atom. The van der Waals surface area contributed by atoms with Crippen LogP contribution in [0.3, 0.4) is 0 Å². The number of ether oxygens (including phenoxy) is 1. The molecule has 1 aliphatic heterocycles. The average molecular weight is 409 g/mol. The average Bonchev–Trinajstić information content (AvgIpc) is 3.21. The van der Waals surface area contributed by atoms with Gasteiger partial charge in [0.2, 0.25) is 6.41 Å². The molecule has 0 aromatic heterocycles. The summed E-state index contributed by atoms with van der Waals surface area (Å²) >= 11 is 0. The van der Waals surface area contributed by atoms with Crippen LogP contribution in [0.15, 0.2) is 53.7 Å². The van der Waals surface area contributed by atoms with Gasteiger partial charge in [-0.05, 0) is 31.0 Å². The van der Waals surface area contributed by atoms with Gasteiger partial charge in [-0.1, -0.05) is 47.6 Å². The number of hydrogen-bond acceptors (Lipinski definition) is 5. The molecule has 2 aromatic carbocycles. The van der Waals surface area contributed by atoms with Crippen molar-refractivity contribution in [2.45, 2.75) is 38.8 Å². The van der Waals surface area contributed by atoms with Gasteiger partial charge in [0.15, 0.2) is 0 Å². The van der Waals surface area contributed by atoms with Gasteiger partial charge < -0.3 is 19.8 Å². The molecule has 1 N–H and O–H groups in total. The van der Waals surface area contributed by atoms with E-state index in [0.29, 0.717) is 30.0 Å². The third-order valence-corrected chi connectivity index (χ3v) is 4.88. The molecule has 1 unspecified atom stereocenters. The lowest BCUT2D eigenvalue weighted by molar-refractivity contribution is -0.115. The van der Waals surface area contributed by atoms with E-state index in [2.05, 4.69) is 10.5 Å². The van der Waals surface area contributed by atoms with Crippen molar-refractivity contribution in [2.24, 2.45) is 5.16 Å². The highest BCUT2D eigenvalue weighted by molar-refractivity contribution is 6.39. The molecule has 0 spiro atoms. The standard InChI is InChI=1S/C23H27N3O4/c1-16-8-7-11-21(22(16)26(3)15-27)29-14-17(2)24-23(28)20-13-19(30-25-20)12-18-9-5-4-6-10-18/h4-11,15,17,19H,12-14H2,1-3H3,(H,24,28)/t17-,19?/m1/s1. The molecule has 0 radical (unpaired) electrons. The van der Waals surface area contributed by atoms with Gasteiger partial charge in [0.05, 0.1) is 11.7 Å². The van der Waals surface area contributed by atoms with Crippen LogP contribution < -0.4 is 15.0 Å². The molecule has 2 aromatic rings. The normalized spacial score (nSPS) is 16.2. The fourth-order valence-corrected chi connectivity index (χ4v) is 3.37. The van der Waals surface area contributed by atoms with Crippen molar-refractivity contribution >= 4 is 23.7 Å². The maximum absolute atomic E-state index is 12.5. The van der Waals surface area contributed by atoms with Crippen molar-refractivity contribution < 1.29 is 19.2 Å². The van der Waals surface area contributed by atoms with E-state index < -0.39 is 0 Å². The molecule has 2 atom stereocenters. The van der Waals surface area contributed by atoms with Gasteiger partial charge in [-0.3, -0.25) is 9.59 Å². The SMILES string of the molecule is Cc1cccc(OC[C@@H](C)NC(=O)C2=NOC(Cc3ccccc3)C2)c1N(C)C=O. The van der Waals surface area contributed by atoms with E-state index in [0.717, 1.165) is 17.5 Å². The van der Waals surface area contributed by atoms with Crippen LogP contribution >= 0.6 is 0 Å². The predicted octanol–water partition coefficient (Wildman–Crippen LogP) is 2.86. The van der Waals surface area contributed by atoms with Crippen molar-refractivity contribution in [3.05, 3.63) is 59.7 Å². The van der Waals surface area contributed by atoms with E-state index in [1.54, 1.807) is 13.1 Å². The first-order chi connectivity index (χ1) is 14.5. The highest BCUT2D eigenvalue weighted by atomic mass is 16.6. The van der Waals surface area contributed by atoms with Gasteiger partial charge >= 0.3 is 0 Å². The number of hydrogen-bond donors (Lipinski definition) is 1. The minimum absolute atomic E-state index is 0.131. The molecule has 0 bridgehead atoms. The van der Waals surface area contributed by atoms with Gasteiger partial charge in [0.1, 0.15) is 24.2 Å². The molecule has 0 aliphatic carbocycles. The molecule has 1 heterocycles. The molecular weight excluding hydrogens is 382 g/mol.